The summed E-state index contributed by atoms with van der Waals surface area (Å²) >= 11 is -1.12. The molecule has 0 saturated carbocycles. The molecule has 0 amide bonds. The van der Waals surface area contributed by atoms with Gasteiger partial charge in [0, 0.05) is 23.0 Å². The van der Waals surface area contributed by atoms with Crippen LogP contribution in [-0.2, 0) is 24.4 Å². The zero-order chi connectivity index (χ0) is 16.7. The van der Waals surface area contributed by atoms with Gasteiger partial charge >= 0.3 is 0 Å². The Morgan fingerprint density at radius 3 is 2.74 bits per heavy atom. The van der Waals surface area contributed by atoms with E-state index >= 15 is 0 Å². The number of hydrogen-bond donors (Lipinski definition) is 3. The number of aliphatic hydroxyl groups excluding tert-OH is 1. The molecule has 1 saturated heterocycles. The summed E-state index contributed by atoms with van der Waals surface area (Å²) in [5, 5.41) is 12.8. The molecule has 2 atom stereocenters. The third-order valence-corrected chi connectivity index (χ3v) is 6.65. The van der Waals surface area contributed by atoms with Crippen molar-refractivity contribution in [1.82, 2.24) is 15.0 Å². The van der Waals surface area contributed by atoms with Gasteiger partial charge < -0.3 is 15.0 Å². The first-order valence-corrected chi connectivity index (χ1v) is 9.48. The quantitative estimate of drug-likeness (QED) is 0.730. The lowest BCUT2D eigenvalue weighted by molar-refractivity contribution is 0.163. The average molecular weight is 337 g/mol. The van der Waals surface area contributed by atoms with Gasteiger partial charge in [0.25, 0.3) is 0 Å². The summed E-state index contributed by atoms with van der Waals surface area (Å²) in [5.74, 6) is 0. The number of pyridine rings is 1. The van der Waals surface area contributed by atoms with Crippen molar-refractivity contribution < 1.29 is 9.66 Å². The molecule has 0 radical (unpaired) electrons. The lowest BCUT2D eigenvalue weighted by atomic mass is 9.73. The van der Waals surface area contributed by atoms with Crippen LogP contribution in [0, 0.1) is 5.41 Å². The second-order valence-electron chi connectivity index (χ2n) is 7.75. The number of nitrogens with one attached hydrogen (secondary N) is 2. The summed E-state index contributed by atoms with van der Waals surface area (Å²) in [4.78, 5) is 4.36. The van der Waals surface area contributed by atoms with Gasteiger partial charge in [-0.1, -0.05) is 0 Å². The molecule has 3 rings (SSSR count). The Morgan fingerprint density at radius 1 is 1.43 bits per heavy atom. The fourth-order valence-corrected chi connectivity index (χ4v) is 4.67. The SMILES string of the molecule is CC(C)(C)[S@@+]([O-])N[C@@H]1c2cnc(CO)cc2CC12CCNCC2. The topological polar surface area (TPSA) is 80.2 Å². The molecule has 2 heterocycles. The van der Waals surface area contributed by atoms with E-state index in [4.69, 9.17) is 0 Å². The number of aliphatic hydroxyl groups is 1. The summed E-state index contributed by atoms with van der Waals surface area (Å²) in [5.41, 5.74) is 3.21. The zero-order valence-electron chi connectivity index (χ0n) is 14.2. The maximum atomic E-state index is 12.7. The molecule has 5 nitrogen and oxygen atoms in total. The van der Waals surface area contributed by atoms with Crippen LogP contribution in [0.25, 0.3) is 0 Å². The minimum atomic E-state index is -1.12. The van der Waals surface area contributed by atoms with Gasteiger partial charge in [0.15, 0.2) is 0 Å². The van der Waals surface area contributed by atoms with E-state index in [0.717, 1.165) is 37.9 Å². The van der Waals surface area contributed by atoms with Gasteiger partial charge in [-0.3, -0.25) is 4.98 Å². The standard InChI is InChI=1S/C17H27N3O2S/c1-16(2,3)23(22)20-15-14-10-19-13(11-21)8-12(14)9-17(15)4-6-18-7-5-17/h8,10,15,18,20-21H,4-7,9,11H2,1-3H3/t15-,23-/m1/s1. The monoisotopic (exact) mass is 337 g/mol. The molecule has 0 bridgehead atoms. The normalized spacial score (nSPS) is 24.7. The van der Waals surface area contributed by atoms with Crippen molar-refractivity contribution in [2.45, 2.75) is 57.4 Å². The van der Waals surface area contributed by atoms with E-state index in [1.54, 1.807) is 0 Å². The van der Waals surface area contributed by atoms with Crippen molar-refractivity contribution >= 4 is 11.4 Å². The van der Waals surface area contributed by atoms with Crippen molar-refractivity contribution in [2.75, 3.05) is 13.1 Å². The van der Waals surface area contributed by atoms with Gasteiger partial charge in [0.05, 0.1) is 18.3 Å². The van der Waals surface area contributed by atoms with Crippen LogP contribution in [0.4, 0.5) is 0 Å². The lowest BCUT2D eigenvalue weighted by Gasteiger charge is -2.40. The number of nitrogens with zero attached hydrogens (tertiary/aromatic N) is 1. The Hall–Kier alpha value is -0.660. The van der Waals surface area contributed by atoms with E-state index in [1.165, 1.54) is 5.56 Å². The third-order valence-electron chi connectivity index (χ3n) is 5.09. The van der Waals surface area contributed by atoms with E-state index < -0.39 is 11.4 Å². The van der Waals surface area contributed by atoms with Crippen LogP contribution in [0.15, 0.2) is 12.3 Å². The van der Waals surface area contributed by atoms with Crippen molar-refractivity contribution in [3.8, 4) is 0 Å². The Morgan fingerprint density at radius 2 is 2.13 bits per heavy atom. The summed E-state index contributed by atoms with van der Waals surface area (Å²) in [6.07, 6.45) is 4.97. The van der Waals surface area contributed by atoms with Gasteiger partial charge in [-0.15, -0.1) is 4.72 Å². The van der Waals surface area contributed by atoms with Gasteiger partial charge in [0.1, 0.15) is 4.75 Å². The number of rotatable bonds is 3. The van der Waals surface area contributed by atoms with Crippen molar-refractivity contribution in [2.24, 2.45) is 5.41 Å². The van der Waals surface area contributed by atoms with E-state index in [1.807, 2.05) is 33.0 Å². The fourth-order valence-electron chi connectivity index (χ4n) is 3.73. The average Bonchev–Trinajstić information content (AvgIpc) is 2.79. The summed E-state index contributed by atoms with van der Waals surface area (Å²) in [6.45, 7) is 7.94. The minimum absolute atomic E-state index is 0.0339. The first-order valence-electron chi connectivity index (χ1n) is 8.33. The van der Waals surface area contributed by atoms with Crippen LogP contribution in [0.1, 0.15) is 56.5 Å². The third kappa shape index (κ3) is 3.28. The highest BCUT2D eigenvalue weighted by Crippen LogP contribution is 2.51. The van der Waals surface area contributed by atoms with Crippen molar-refractivity contribution in [3.63, 3.8) is 0 Å². The number of aromatic nitrogens is 1. The molecular weight excluding hydrogens is 310 g/mol. The van der Waals surface area contributed by atoms with Crippen LogP contribution in [0.3, 0.4) is 0 Å². The molecule has 2 aliphatic rings. The van der Waals surface area contributed by atoms with E-state index in [9.17, 15) is 9.66 Å². The molecule has 128 valence electrons. The molecule has 1 spiro atoms. The molecule has 23 heavy (non-hydrogen) atoms. The molecule has 1 aromatic heterocycles. The minimum Gasteiger partial charge on any atom is -0.598 e. The molecule has 0 unspecified atom stereocenters. The van der Waals surface area contributed by atoms with Crippen LogP contribution in [0.2, 0.25) is 0 Å². The first-order chi connectivity index (χ1) is 10.9. The van der Waals surface area contributed by atoms with Crippen molar-refractivity contribution in [1.29, 1.82) is 0 Å². The number of hydrogen-bond acceptors (Lipinski definition) is 5. The van der Waals surface area contributed by atoms with Crippen LogP contribution in [-0.4, -0.2) is 32.5 Å². The predicted molar refractivity (Wildman–Crippen MR) is 92.2 cm³/mol. The van der Waals surface area contributed by atoms with Gasteiger partial charge in [-0.25, -0.2) is 0 Å². The van der Waals surface area contributed by atoms with E-state index in [-0.39, 0.29) is 22.8 Å². The molecule has 3 N–H and O–H groups in total. The fraction of sp³-hybridized carbons (Fsp3) is 0.706. The summed E-state index contributed by atoms with van der Waals surface area (Å²) < 4.78 is 15.8. The molecule has 1 fully saturated rings. The summed E-state index contributed by atoms with van der Waals surface area (Å²) in [7, 11) is 0. The number of piperidine rings is 1. The Bertz CT molecular complexity index is 567. The van der Waals surface area contributed by atoms with Crippen LogP contribution >= 0.6 is 0 Å². The molecule has 6 heteroatoms. The highest BCUT2D eigenvalue weighted by atomic mass is 32.2. The highest BCUT2D eigenvalue weighted by Gasteiger charge is 2.49. The smallest absolute Gasteiger partial charge is 0.136 e. The van der Waals surface area contributed by atoms with Gasteiger partial charge in [-0.05, 0) is 70.3 Å². The van der Waals surface area contributed by atoms with E-state index in [2.05, 4.69) is 15.0 Å². The molecule has 1 aliphatic carbocycles. The maximum Gasteiger partial charge on any atom is 0.136 e. The summed E-state index contributed by atoms with van der Waals surface area (Å²) in [6, 6.07) is 2.08. The Balaban J connectivity index is 1.94. The largest absolute Gasteiger partial charge is 0.598 e. The highest BCUT2D eigenvalue weighted by molar-refractivity contribution is 7.90. The molecule has 1 aromatic rings. The van der Waals surface area contributed by atoms with Crippen LogP contribution < -0.4 is 10.0 Å². The second-order valence-corrected chi connectivity index (χ2v) is 9.75. The van der Waals surface area contributed by atoms with Gasteiger partial charge in [-0.2, -0.15) is 0 Å². The number of fused-ring (bicyclic) bond motifs is 1. The van der Waals surface area contributed by atoms with E-state index in [0.29, 0.717) is 5.69 Å². The molecule has 0 aromatic carbocycles. The van der Waals surface area contributed by atoms with Crippen molar-refractivity contribution in [3.05, 3.63) is 29.1 Å². The second kappa shape index (κ2) is 6.33. The van der Waals surface area contributed by atoms with Crippen LogP contribution in [0.5, 0.6) is 0 Å². The Labute approximate surface area is 141 Å². The van der Waals surface area contributed by atoms with Gasteiger partial charge in [0.2, 0.25) is 0 Å². The lowest BCUT2D eigenvalue weighted by Crippen LogP contribution is -2.48. The zero-order valence-corrected chi connectivity index (χ0v) is 15.0. The molecular formula is C17H27N3O2S. The molecule has 1 aliphatic heterocycles. The predicted octanol–water partition coefficient (Wildman–Crippen LogP) is 1.59. The first kappa shape index (κ1) is 17.2. The maximum absolute atomic E-state index is 12.7. The Kier molecular flexibility index (Phi) is 4.73.